The molecule has 0 saturated carbocycles. The number of thiophene rings is 1. The zero-order valence-electron chi connectivity index (χ0n) is 12.9. The average molecular weight is 294 g/mol. The highest BCUT2D eigenvalue weighted by molar-refractivity contribution is 7.14. The number of hydrogen-bond donors (Lipinski definition) is 0. The van der Waals surface area contributed by atoms with Crippen LogP contribution in [0.1, 0.15) is 41.2 Å². The number of likely N-dealkylation sites (tertiary alicyclic amines) is 1. The number of rotatable bonds is 7. The quantitative estimate of drug-likeness (QED) is 0.722. The Bertz CT molecular complexity index is 443. The lowest BCUT2D eigenvalue weighted by atomic mass is 10.2. The maximum atomic E-state index is 12.3. The Morgan fingerprint density at radius 2 is 2.25 bits per heavy atom. The van der Waals surface area contributed by atoms with Crippen LogP contribution in [-0.2, 0) is 6.42 Å². The topological polar surface area (TPSA) is 23.6 Å². The number of carbonyl (C=O) groups excluding carboxylic acids is 1. The van der Waals surface area contributed by atoms with E-state index < -0.39 is 0 Å². The summed E-state index contributed by atoms with van der Waals surface area (Å²) >= 11 is 1.64. The summed E-state index contributed by atoms with van der Waals surface area (Å²) in [4.78, 5) is 19.2. The molecule has 1 fully saturated rings. The molecule has 1 aromatic rings. The second kappa shape index (κ2) is 7.34. The first-order valence-electron chi connectivity index (χ1n) is 7.68. The second-order valence-corrected chi connectivity index (χ2v) is 6.83. The highest BCUT2D eigenvalue weighted by Gasteiger charge is 2.24. The van der Waals surface area contributed by atoms with Crippen LogP contribution in [0.4, 0.5) is 0 Å². The van der Waals surface area contributed by atoms with Crippen molar-refractivity contribution >= 4 is 17.1 Å². The molecular weight excluding hydrogens is 268 g/mol. The normalized spacial score (nSPS) is 19.9. The zero-order valence-corrected chi connectivity index (χ0v) is 13.7. The molecule has 0 aliphatic carbocycles. The molecule has 112 valence electrons. The van der Waals surface area contributed by atoms with Crippen molar-refractivity contribution in [2.75, 3.05) is 33.2 Å². The van der Waals surface area contributed by atoms with E-state index in [4.69, 9.17) is 0 Å². The summed E-state index contributed by atoms with van der Waals surface area (Å²) in [6.45, 7) is 8.24. The van der Waals surface area contributed by atoms with E-state index in [0.29, 0.717) is 12.6 Å². The summed E-state index contributed by atoms with van der Waals surface area (Å²) in [5.41, 5.74) is 0. The fourth-order valence-corrected chi connectivity index (χ4v) is 3.86. The van der Waals surface area contributed by atoms with Gasteiger partial charge in [-0.15, -0.1) is 11.3 Å². The highest BCUT2D eigenvalue weighted by Crippen LogP contribution is 2.19. The Morgan fingerprint density at radius 3 is 2.90 bits per heavy atom. The van der Waals surface area contributed by atoms with Gasteiger partial charge in [0.05, 0.1) is 11.4 Å². The van der Waals surface area contributed by atoms with Crippen molar-refractivity contribution in [3.8, 4) is 0 Å². The zero-order chi connectivity index (χ0) is 14.5. The van der Waals surface area contributed by atoms with Crippen LogP contribution in [0.2, 0.25) is 0 Å². The lowest BCUT2D eigenvalue weighted by Crippen LogP contribution is -2.40. The smallest absolute Gasteiger partial charge is 0.186 e. The van der Waals surface area contributed by atoms with Crippen LogP contribution in [-0.4, -0.2) is 54.9 Å². The summed E-state index contributed by atoms with van der Waals surface area (Å²) in [6, 6.07) is 4.69. The lowest BCUT2D eigenvalue weighted by Gasteiger charge is -2.27. The van der Waals surface area contributed by atoms with Crippen molar-refractivity contribution in [3.05, 3.63) is 21.9 Å². The van der Waals surface area contributed by atoms with Gasteiger partial charge >= 0.3 is 0 Å². The molecule has 3 nitrogen and oxygen atoms in total. The molecule has 1 saturated heterocycles. The standard InChI is InChI=1S/C16H26N2OS/c1-4-14-8-9-16(20-14)15(19)12-17(3)11-13-7-6-10-18(13)5-2/h8-9,13H,4-7,10-12H2,1-3H3. The first-order chi connectivity index (χ1) is 9.63. The van der Waals surface area contributed by atoms with Crippen LogP contribution in [0.15, 0.2) is 12.1 Å². The Morgan fingerprint density at radius 1 is 1.45 bits per heavy atom. The number of carbonyl (C=O) groups is 1. The van der Waals surface area contributed by atoms with E-state index in [1.54, 1.807) is 11.3 Å². The molecule has 2 rings (SSSR count). The summed E-state index contributed by atoms with van der Waals surface area (Å²) in [7, 11) is 2.07. The van der Waals surface area contributed by atoms with E-state index in [0.717, 1.165) is 24.4 Å². The van der Waals surface area contributed by atoms with Gasteiger partial charge in [-0.2, -0.15) is 0 Å². The van der Waals surface area contributed by atoms with Crippen LogP contribution < -0.4 is 0 Å². The number of ketones is 1. The molecule has 0 aromatic carbocycles. The Hall–Kier alpha value is -0.710. The minimum absolute atomic E-state index is 0.262. The first kappa shape index (κ1) is 15.7. The van der Waals surface area contributed by atoms with Crippen LogP contribution >= 0.6 is 11.3 Å². The highest BCUT2D eigenvalue weighted by atomic mass is 32.1. The number of likely N-dealkylation sites (N-methyl/N-ethyl adjacent to an activating group) is 2. The molecule has 1 unspecified atom stereocenters. The largest absolute Gasteiger partial charge is 0.299 e. The van der Waals surface area contributed by atoms with E-state index in [1.165, 1.54) is 24.3 Å². The molecule has 0 amide bonds. The molecule has 0 bridgehead atoms. The van der Waals surface area contributed by atoms with Gasteiger partial charge in [-0.25, -0.2) is 0 Å². The van der Waals surface area contributed by atoms with E-state index in [9.17, 15) is 4.79 Å². The minimum atomic E-state index is 0.262. The summed E-state index contributed by atoms with van der Waals surface area (Å²) < 4.78 is 0. The van der Waals surface area contributed by atoms with Gasteiger partial charge in [0.25, 0.3) is 0 Å². The molecule has 4 heteroatoms. The third-order valence-corrected chi connectivity index (χ3v) is 5.40. The number of Topliss-reactive ketones (excluding diaryl/α,β-unsaturated/α-hetero) is 1. The molecule has 1 atom stereocenters. The molecule has 20 heavy (non-hydrogen) atoms. The van der Waals surface area contributed by atoms with Gasteiger partial charge in [-0.3, -0.25) is 14.6 Å². The van der Waals surface area contributed by atoms with Gasteiger partial charge in [0, 0.05) is 17.5 Å². The van der Waals surface area contributed by atoms with Gasteiger partial charge < -0.3 is 0 Å². The monoisotopic (exact) mass is 294 g/mol. The third-order valence-electron chi connectivity index (χ3n) is 4.13. The molecule has 1 aliphatic rings. The molecular formula is C16H26N2OS. The predicted octanol–water partition coefficient (Wildman–Crippen LogP) is 2.91. The van der Waals surface area contributed by atoms with Gasteiger partial charge in [0.2, 0.25) is 0 Å². The fourth-order valence-electron chi connectivity index (χ4n) is 2.98. The van der Waals surface area contributed by atoms with Crippen molar-refractivity contribution < 1.29 is 4.79 Å². The van der Waals surface area contributed by atoms with Crippen molar-refractivity contribution in [3.63, 3.8) is 0 Å². The van der Waals surface area contributed by atoms with E-state index >= 15 is 0 Å². The first-order valence-corrected chi connectivity index (χ1v) is 8.50. The third kappa shape index (κ3) is 3.90. The lowest BCUT2D eigenvalue weighted by molar-refractivity contribution is 0.0933. The van der Waals surface area contributed by atoms with Gasteiger partial charge in [-0.1, -0.05) is 13.8 Å². The molecule has 0 N–H and O–H groups in total. The van der Waals surface area contributed by atoms with Crippen LogP contribution in [0.5, 0.6) is 0 Å². The fraction of sp³-hybridized carbons (Fsp3) is 0.688. The minimum Gasteiger partial charge on any atom is -0.299 e. The summed E-state index contributed by atoms with van der Waals surface area (Å²) in [5.74, 6) is 0.262. The molecule has 0 spiro atoms. The predicted molar refractivity (Wildman–Crippen MR) is 85.8 cm³/mol. The summed E-state index contributed by atoms with van der Waals surface area (Å²) in [5, 5.41) is 0. The number of hydrogen-bond acceptors (Lipinski definition) is 4. The molecule has 2 heterocycles. The Balaban J connectivity index is 1.84. The van der Waals surface area contributed by atoms with Gasteiger partial charge in [0.1, 0.15) is 0 Å². The Labute approximate surface area is 126 Å². The Kier molecular flexibility index (Phi) is 5.75. The van der Waals surface area contributed by atoms with Crippen LogP contribution in [0.25, 0.3) is 0 Å². The SMILES string of the molecule is CCc1ccc(C(=O)CN(C)CC2CCCN2CC)s1. The van der Waals surface area contributed by atoms with Crippen molar-refractivity contribution in [1.29, 1.82) is 0 Å². The maximum absolute atomic E-state index is 12.3. The van der Waals surface area contributed by atoms with Crippen LogP contribution in [0.3, 0.4) is 0 Å². The van der Waals surface area contributed by atoms with E-state index in [2.05, 4.69) is 36.8 Å². The molecule has 0 radical (unpaired) electrons. The molecule has 1 aliphatic heterocycles. The summed E-state index contributed by atoms with van der Waals surface area (Å²) in [6.07, 6.45) is 3.58. The van der Waals surface area contributed by atoms with Crippen molar-refractivity contribution in [1.82, 2.24) is 9.80 Å². The molecule has 1 aromatic heterocycles. The second-order valence-electron chi connectivity index (χ2n) is 5.66. The average Bonchev–Trinajstić information content (AvgIpc) is 3.06. The number of nitrogens with zero attached hydrogens (tertiary/aromatic N) is 2. The maximum Gasteiger partial charge on any atom is 0.186 e. The van der Waals surface area contributed by atoms with Crippen molar-refractivity contribution in [2.24, 2.45) is 0 Å². The number of aryl methyl sites for hydroxylation is 1. The van der Waals surface area contributed by atoms with E-state index in [1.807, 2.05) is 6.07 Å². The van der Waals surface area contributed by atoms with Gasteiger partial charge in [-0.05, 0) is 51.5 Å². The van der Waals surface area contributed by atoms with E-state index in [-0.39, 0.29) is 5.78 Å². The van der Waals surface area contributed by atoms with Gasteiger partial charge in [0.15, 0.2) is 5.78 Å². The van der Waals surface area contributed by atoms with Crippen molar-refractivity contribution in [2.45, 2.75) is 39.2 Å². The van der Waals surface area contributed by atoms with Crippen LogP contribution in [0, 0.1) is 0 Å².